The number of nitrogens with zero attached hydrogens (tertiary/aromatic N) is 1. The van der Waals surface area contributed by atoms with Crippen molar-refractivity contribution in [1.82, 2.24) is 9.88 Å². The molecule has 1 aromatic carbocycles. The third-order valence-corrected chi connectivity index (χ3v) is 4.32. The van der Waals surface area contributed by atoms with Crippen LogP contribution in [0.4, 0.5) is 0 Å². The molecular weight excluding hydrogens is 232 g/mol. The first-order valence-electron chi connectivity index (χ1n) is 7.65. The first kappa shape index (κ1) is 12.7. The molecule has 1 N–H and O–H groups in total. The fourth-order valence-corrected chi connectivity index (χ4v) is 3.56. The highest BCUT2D eigenvalue weighted by Gasteiger charge is 2.25. The SMILES string of the molecule is CCCN(CCC)[C@H]1Cc2cccc3[nH]cc(c23)C1. The van der Waals surface area contributed by atoms with E-state index in [2.05, 4.69) is 48.1 Å². The number of nitrogens with one attached hydrogen (secondary N) is 1. The Hall–Kier alpha value is -1.28. The Labute approximate surface area is 115 Å². The molecule has 0 unspecified atom stereocenters. The predicted octanol–water partition coefficient (Wildman–Crippen LogP) is 3.76. The summed E-state index contributed by atoms with van der Waals surface area (Å²) in [6.45, 7) is 7.03. The molecule has 0 fully saturated rings. The molecule has 0 saturated heterocycles. The van der Waals surface area contributed by atoms with Crippen LogP contribution in [0.1, 0.15) is 37.8 Å². The monoisotopic (exact) mass is 256 g/mol. The molecule has 0 bridgehead atoms. The Bertz CT molecular complexity index is 549. The van der Waals surface area contributed by atoms with Crippen LogP contribution in [0.15, 0.2) is 24.4 Å². The van der Waals surface area contributed by atoms with E-state index in [1.807, 2.05) is 0 Å². The van der Waals surface area contributed by atoms with Gasteiger partial charge in [-0.1, -0.05) is 26.0 Å². The van der Waals surface area contributed by atoms with Crippen LogP contribution in [0, 0.1) is 0 Å². The van der Waals surface area contributed by atoms with E-state index >= 15 is 0 Å². The lowest BCUT2D eigenvalue weighted by atomic mass is 9.88. The summed E-state index contributed by atoms with van der Waals surface area (Å²) in [6, 6.07) is 7.37. The Kier molecular flexibility index (Phi) is 3.61. The second kappa shape index (κ2) is 5.38. The Balaban J connectivity index is 1.89. The van der Waals surface area contributed by atoms with Crippen LogP contribution in [0.5, 0.6) is 0 Å². The van der Waals surface area contributed by atoms with Crippen LogP contribution in [-0.2, 0) is 12.8 Å². The van der Waals surface area contributed by atoms with Crippen molar-refractivity contribution in [2.24, 2.45) is 0 Å². The molecule has 0 aliphatic heterocycles. The zero-order valence-corrected chi connectivity index (χ0v) is 12.1. The first-order chi connectivity index (χ1) is 9.33. The van der Waals surface area contributed by atoms with Crippen molar-refractivity contribution in [3.8, 4) is 0 Å². The average molecular weight is 256 g/mol. The normalized spacial score (nSPS) is 18.4. The summed E-state index contributed by atoms with van der Waals surface area (Å²) < 4.78 is 0. The van der Waals surface area contributed by atoms with Gasteiger partial charge in [0.15, 0.2) is 0 Å². The number of H-pyrrole nitrogens is 1. The van der Waals surface area contributed by atoms with Crippen molar-refractivity contribution >= 4 is 10.9 Å². The third kappa shape index (κ3) is 2.30. The van der Waals surface area contributed by atoms with Crippen LogP contribution in [0.3, 0.4) is 0 Å². The Morgan fingerprint density at radius 1 is 1.11 bits per heavy atom. The first-order valence-corrected chi connectivity index (χ1v) is 7.65. The van der Waals surface area contributed by atoms with Gasteiger partial charge < -0.3 is 4.98 Å². The summed E-state index contributed by atoms with van der Waals surface area (Å²) in [5.41, 5.74) is 4.35. The van der Waals surface area contributed by atoms with Crippen LogP contribution in [0.2, 0.25) is 0 Å². The minimum absolute atomic E-state index is 0.689. The van der Waals surface area contributed by atoms with E-state index in [1.54, 1.807) is 0 Å². The Morgan fingerprint density at radius 3 is 2.58 bits per heavy atom. The summed E-state index contributed by atoms with van der Waals surface area (Å²) in [7, 11) is 0. The molecule has 0 saturated carbocycles. The van der Waals surface area contributed by atoms with Gasteiger partial charge in [-0.15, -0.1) is 0 Å². The molecule has 102 valence electrons. The number of benzene rings is 1. The van der Waals surface area contributed by atoms with E-state index in [4.69, 9.17) is 0 Å². The molecule has 2 heteroatoms. The molecule has 2 nitrogen and oxygen atoms in total. The third-order valence-electron chi connectivity index (χ3n) is 4.32. The molecule has 2 aromatic rings. The van der Waals surface area contributed by atoms with Gasteiger partial charge in [-0.25, -0.2) is 0 Å². The zero-order chi connectivity index (χ0) is 13.2. The molecule has 1 aromatic heterocycles. The summed E-state index contributed by atoms with van der Waals surface area (Å²) in [5.74, 6) is 0. The number of aromatic amines is 1. The fourth-order valence-electron chi connectivity index (χ4n) is 3.56. The van der Waals surface area contributed by atoms with Gasteiger partial charge in [-0.2, -0.15) is 0 Å². The Morgan fingerprint density at radius 2 is 1.84 bits per heavy atom. The van der Waals surface area contributed by atoms with Crippen molar-refractivity contribution in [2.45, 2.75) is 45.6 Å². The van der Waals surface area contributed by atoms with E-state index in [9.17, 15) is 0 Å². The van der Waals surface area contributed by atoms with Gasteiger partial charge in [0, 0.05) is 23.1 Å². The maximum Gasteiger partial charge on any atom is 0.0459 e. The number of hydrogen-bond acceptors (Lipinski definition) is 1. The van der Waals surface area contributed by atoms with E-state index in [-0.39, 0.29) is 0 Å². The standard InChI is InChI=1S/C17H24N2/c1-3-8-19(9-4-2)15-10-13-6-5-7-16-17(13)14(11-15)12-18-16/h5-7,12,15,18H,3-4,8-11H2,1-2H3/t15-/m0/s1. The molecule has 0 radical (unpaired) electrons. The molecule has 1 heterocycles. The van der Waals surface area contributed by atoms with Crippen molar-refractivity contribution in [3.63, 3.8) is 0 Å². The lowest BCUT2D eigenvalue weighted by Gasteiger charge is -2.34. The van der Waals surface area contributed by atoms with E-state index < -0.39 is 0 Å². The van der Waals surface area contributed by atoms with Gasteiger partial charge in [-0.3, -0.25) is 4.90 Å². The molecule has 1 atom stereocenters. The maximum atomic E-state index is 3.42. The second-order valence-electron chi connectivity index (χ2n) is 5.75. The van der Waals surface area contributed by atoms with Gasteiger partial charge >= 0.3 is 0 Å². The highest BCUT2D eigenvalue weighted by Crippen LogP contribution is 2.31. The second-order valence-corrected chi connectivity index (χ2v) is 5.75. The van der Waals surface area contributed by atoms with Gasteiger partial charge in [-0.05, 0) is 56.0 Å². The predicted molar refractivity (Wildman–Crippen MR) is 81.6 cm³/mol. The molecule has 0 amide bonds. The number of hydrogen-bond donors (Lipinski definition) is 1. The lowest BCUT2D eigenvalue weighted by Crippen LogP contribution is -2.40. The lowest BCUT2D eigenvalue weighted by molar-refractivity contribution is 0.192. The summed E-state index contributed by atoms with van der Waals surface area (Å²) in [4.78, 5) is 6.11. The highest BCUT2D eigenvalue weighted by molar-refractivity contribution is 5.87. The van der Waals surface area contributed by atoms with Crippen LogP contribution in [-0.4, -0.2) is 29.0 Å². The van der Waals surface area contributed by atoms with Crippen LogP contribution < -0.4 is 0 Å². The molecule has 1 aliphatic rings. The van der Waals surface area contributed by atoms with Crippen LogP contribution >= 0.6 is 0 Å². The zero-order valence-electron chi connectivity index (χ0n) is 12.1. The van der Waals surface area contributed by atoms with Crippen LogP contribution in [0.25, 0.3) is 10.9 Å². The van der Waals surface area contributed by atoms with Gasteiger partial charge in [0.1, 0.15) is 0 Å². The van der Waals surface area contributed by atoms with Gasteiger partial charge in [0.05, 0.1) is 0 Å². The summed E-state index contributed by atoms with van der Waals surface area (Å²) in [5, 5.41) is 1.49. The van der Waals surface area contributed by atoms with Crippen molar-refractivity contribution < 1.29 is 0 Å². The molecule has 19 heavy (non-hydrogen) atoms. The van der Waals surface area contributed by atoms with Crippen molar-refractivity contribution in [3.05, 3.63) is 35.5 Å². The highest BCUT2D eigenvalue weighted by atomic mass is 15.1. The van der Waals surface area contributed by atoms with Gasteiger partial charge in [0.25, 0.3) is 0 Å². The summed E-state index contributed by atoms with van der Waals surface area (Å²) in [6.07, 6.45) is 7.14. The van der Waals surface area contributed by atoms with Gasteiger partial charge in [0.2, 0.25) is 0 Å². The molecule has 1 aliphatic carbocycles. The van der Waals surface area contributed by atoms with E-state index in [0.29, 0.717) is 6.04 Å². The minimum atomic E-state index is 0.689. The molecule has 0 spiro atoms. The minimum Gasteiger partial charge on any atom is -0.361 e. The topological polar surface area (TPSA) is 19.0 Å². The maximum absolute atomic E-state index is 3.42. The van der Waals surface area contributed by atoms with Crippen molar-refractivity contribution in [2.75, 3.05) is 13.1 Å². The summed E-state index contributed by atoms with van der Waals surface area (Å²) >= 11 is 0. The van der Waals surface area contributed by atoms with E-state index in [1.165, 1.54) is 60.8 Å². The van der Waals surface area contributed by atoms with Crippen molar-refractivity contribution in [1.29, 1.82) is 0 Å². The average Bonchev–Trinajstić information content (AvgIpc) is 2.84. The number of aromatic nitrogens is 1. The number of rotatable bonds is 5. The fraction of sp³-hybridized carbons (Fsp3) is 0.529. The smallest absolute Gasteiger partial charge is 0.0459 e. The largest absolute Gasteiger partial charge is 0.361 e. The molecule has 3 rings (SSSR count). The quantitative estimate of drug-likeness (QED) is 0.863. The van der Waals surface area contributed by atoms with E-state index in [0.717, 1.165) is 0 Å². The molecular formula is C17H24N2.